The first-order valence-electron chi connectivity index (χ1n) is 13.1. The maximum atomic E-state index is 12.5. The maximum Gasteiger partial charge on any atom is 0.420 e. The number of carbonyl (C=O) groups is 1. The molecule has 5 aromatic heterocycles. The quantitative estimate of drug-likeness (QED) is 0.338. The predicted octanol–water partition coefficient (Wildman–Crippen LogP) is 4.66. The number of pyridine rings is 2. The molecule has 6 rings (SSSR count). The van der Waals surface area contributed by atoms with Gasteiger partial charge in [-0.15, -0.1) is 5.10 Å². The van der Waals surface area contributed by atoms with Crippen LogP contribution in [-0.4, -0.2) is 52.2 Å². The number of aromatic nitrogens is 7. The van der Waals surface area contributed by atoms with Crippen LogP contribution in [0.25, 0.3) is 27.9 Å². The van der Waals surface area contributed by atoms with E-state index >= 15 is 0 Å². The van der Waals surface area contributed by atoms with Crippen molar-refractivity contribution in [2.75, 3.05) is 6.54 Å². The number of imidazole rings is 1. The average molecular weight is 513 g/mol. The lowest BCUT2D eigenvalue weighted by atomic mass is 9.85. The zero-order valence-corrected chi connectivity index (χ0v) is 22.0. The molecule has 5 aromatic rings. The summed E-state index contributed by atoms with van der Waals surface area (Å²) in [6.07, 6.45) is 13.1. The fourth-order valence-corrected chi connectivity index (χ4v) is 4.69. The second-order valence-corrected chi connectivity index (χ2v) is 11.1. The maximum absolute atomic E-state index is 12.5. The largest absolute Gasteiger partial charge is 0.443 e. The van der Waals surface area contributed by atoms with Gasteiger partial charge in [-0.1, -0.05) is 17.7 Å². The molecule has 1 saturated carbocycles. The van der Waals surface area contributed by atoms with Crippen molar-refractivity contribution in [3.8, 4) is 11.3 Å². The Kier molecular flexibility index (Phi) is 6.19. The highest BCUT2D eigenvalue weighted by atomic mass is 16.6. The SMILES string of the molecule is CC(C)(C)OC(=O)n1ccc2cc(-c3cn(Cc4cn5cc(CNCC6CCC6)ccc5n4)nn3)cnc21. The van der Waals surface area contributed by atoms with E-state index in [4.69, 9.17) is 9.72 Å². The first-order chi connectivity index (χ1) is 18.3. The van der Waals surface area contributed by atoms with Crippen molar-refractivity contribution in [1.82, 2.24) is 39.2 Å². The first-order valence-corrected chi connectivity index (χ1v) is 13.1. The fraction of sp³-hybridized carbons (Fsp3) is 0.393. The van der Waals surface area contributed by atoms with E-state index in [1.807, 2.05) is 45.3 Å². The summed E-state index contributed by atoms with van der Waals surface area (Å²) in [5.74, 6) is 0.849. The van der Waals surface area contributed by atoms with Crippen LogP contribution in [0.2, 0.25) is 0 Å². The van der Waals surface area contributed by atoms with Gasteiger partial charge >= 0.3 is 6.09 Å². The van der Waals surface area contributed by atoms with Gasteiger partial charge in [0.15, 0.2) is 0 Å². The highest BCUT2D eigenvalue weighted by Gasteiger charge is 2.20. The number of rotatable bonds is 7. The molecule has 0 radical (unpaired) electrons. The summed E-state index contributed by atoms with van der Waals surface area (Å²) < 4.78 is 10.7. The number of hydrogen-bond donors (Lipinski definition) is 1. The Labute approximate surface area is 220 Å². The molecule has 0 saturated heterocycles. The molecular formula is C28H32N8O2. The Morgan fingerprint density at radius 2 is 2.03 bits per heavy atom. The third-order valence-corrected chi connectivity index (χ3v) is 6.82. The lowest BCUT2D eigenvalue weighted by Gasteiger charge is -2.25. The predicted molar refractivity (Wildman–Crippen MR) is 144 cm³/mol. The fourth-order valence-electron chi connectivity index (χ4n) is 4.69. The van der Waals surface area contributed by atoms with Crippen molar-refractivity contribution >= 4 is 22.8 Å². The lowest BCUT2D eigenvalue weighted by molar-refractivity contribution is 0.0543. The number of carbonyl (C=O) groups excluding carboxylic acids is 1. The molecule has 10 nitrogen and oxygen atoms in total. The van der Waals surface area contributed by atoms with Gasteiger partial charge in [0, 0.05) is 42.3 Å². The molecule has 1 aliphatic rings. The van der Waals surface area contributed by atoms with Crippen LogP contribution in [0.1, 0.15) is 51.3 Å². The van der Waals surface area contributed by atoms with Gasteiger partial charge in [-0.2, -0.15) is 0 Å². The van der Waals surface area contributed by atoms with Gasteiger partial charge in [0.25, 0.3) is 0 Å². The molecule has 38 heavy (non-hydrogen) atoms. The second kappa shape index (κ2) is 9.68. The molecular weight excluding hydrogens is 480 g/mol. The van der Waals surface area contributed by atoms with E-state index in [2.05, 4.69) is 43.3 Å². The van der Waals surface area contributed by atoms with E-state index in [1.165, 1.54) is 29.4 Å². The Morgan fingerprint density at radius 3 is 2.82 bits per heavy atom. The van der Waals surface area contributed by atoms with Crippen LogP contribution in [0.4, 0.5) is 4.79 Å². The second-order valence-electron chi connectivity index (χ2n) is 11.1. The summed E-state index contributed by atoms with van der Waals surface area (Å²) in [6.45, 7) is 7.99. The topological polar surface area (TPSA) is 104 Å². The lowest BCUT2D eigenvalue weighted by Crippen LogP contribution is -2.26. The molecule has 5 heterocycles. The zero-order valence-electron chi connectivity index (χ0n) is 22.0. The molecule has 1 fully saturated rings. The standard InChI is InChI=1S/C28H32N8O2/c1-28(2,3)38-27(37)36-10-9-21-11-22(14-30-26(21)36)24-18-35(33-32-24)17-23-16-34-15-20(7-8-25(34)31-23)13-29-12-19-5-4-6-19/h7-11,14-16,18-19,29H,4-6,12-13,17H2,1-3H3. The van der Waals surface area contributed by atoms with E-state index in [9.17, 15) is 4.79 Å². The van der Waals surface area contributed by atoms with Crippen molar-refractivity contribution in [2.24, 2.45) is 5.92 Å². The molecule has 0 aromatic carbocycles. The molecule has 1 N–H and O–H groups in total. The molecule has 10 heteroatoms. The third kappa shape index (κ3) is 5.17. The van der Waals surface area contributed by atoms with Crippen LogP contribution < -0.4 is 5.32 Å². The molecule has 0 bridgehead atoms. The summed E-state index contributed by atoms with van der Waals surface area (Å²) in [6, 6.07) is 7.98. The minimum absolute atomic E-state index is 0.455. The van der Waals surface area contributed by atoms with Gasteiger partial charge < -0.3 is 14.5 Å². The summed E-state index contributed by atoms with van der Waals surface area (Å²) in [5.41, 5.74) is 4.54. The summed E-state index contributed by atoms with van der Waals surface area (Å²) >= 11 is 0. The summed E-state index contributed by atoms with van der Waals surface area (Å²) in [7, 11) is 0. The summed E-state index contributed by atoms with van der Waals surface area (Å²) in [4.78, 5) is 21.7. The normalized spacial score (nSPS) is 14.3. The molecule has 0 atom stereocenters. The molecule has 1 aliphatic carbocycles. The first kappa shape index (κ1) is 24.3. The van der Waals surface area contributed by atoms with Crippen LogP contribution in [0.3, 0.4) is 0 Å². The Bertz CT molecular complexity index is 1600. The highest BCUT2D eigenvalue weighted by molar-refractivity contribution is 5.89. The number of fused-ring (bicyclic) bond motifs is 2. The number of nitrogens with one attached hydrogen (secondary N) is 1. The monoisotopic (exact) mass is 512 g/mol. The van der Waals surface area contributed by atoms with E-state index in [1.54, 1.807) is 17.1 Å². The van der Waals surface area contributed by atoms with Gasteiger partial charge in [-0.05, 0) is 69.8 Å². The van der Waals surface area contributed by atoms with Crippen molar-refractivity contribution < 1.29 is 9.53 Å². The van der Waals surface area contributed by atoms with Crippen molar-refractivity contribution in [2.45, 2.75) is 58.7 Å². The van der Waals surface area contributed by atoms with Crippen LogP contribution in [-0.2, 0) is 17.8 Å². The van der Waals surface area contributed by atoms with Gasteiger partial charge in [0.05, 0.1) is 18.4 Å². The Balaban J connectivity index is 1.14. The van der Waals surface area contributed by atoms with E-state index in [-0.39, 0.29) is 0 Å². The van der Waals surface area contributed by atoms with Crippen LogP contribution in [0.15, 0.2) is 55.2 Å². The molecule has 0 amide bonds. The minimum Gasteiger partial charge on any atom is -0.443 e. The van der Waals surface area contributed by atoms with Gasteiger partial charge in [0.2, 0.25) is 0 Å². The van der Waals surface area contributed by atoms with Crippen LogP contribution in [0, 0.1) is 5.92 Å². The van der Waals surface area contributed by atoms with Crippen molar-refractivity contribution in [3.63, 3.8) is 0 Å². The van der Waals surface area contributed by atoms with Crippen LogP contribution in [0.5, 0.6) is 0 Å². The van der Waals surface area contributed by atoms with Gasteiger partial charge in [-0.3, -0.25) is 0 Å². The minimum atomic E-state index is -0.582. The third-order valence-electron chi connectivity index (χ3n) is 6.82. The van der Waals surface area contributed by atoms with Crippen molar-refractivity contribution in [1.29, 1.82) is 0 Å². The smallest absolute Gasteiger partial charge is 0.420 e. The number of hydrogen-bond acceptors (Lipinski definition) is 7. The Morgan fingerprint density at radius 1 is 1.16 bits per heavy atom. The van der Waals surface area contributed by atoms with Crippen molar-refractivity contribution in [3.05, 3.63) is 66.5 Å². The van der Waals surface area contributed by atoms with Crippen LogP contribution >= 0.6 is 0 Å². The Hall–Kier alpha value is -4.05. The molecule has 0 aliphatic heterocycles. The molecule has 0 unspecified atom stereocenters. The van der Waals surface area contributed by atoms with E-state index < -0.39 is 11.7 Å². The van der Waals surface area contributed by atoms with Gasteiger partial charge in [0.1, 0.15) is 22.6 Å². The zero-order chi connectivity index (χ0) is 26.3. The average Bonchev–Trinajstić information content (AvgIpc) is 3.57. The number of ether oxygens (including phenoxy) is 1. The van der Waals surface area contributed by atoms with E-state index in [0.29, 0.717) is 17.9 Å². The summed E-state index contributed by atoms with van der Waals surface area (Å²) in [5, 5.41) is 13.0. The van der Waals surface area contributed by atoms with E-state index in [0.717, 1.165) is 41.3 Å². The number of nitrogens with zero attached hydrogens (tertiary/aromatic N) is 7. The molecule has 196 valence electrons. The molecule has 0 spiro atoms. The highest BCUT2D eigenvalue weighted by Crippen LogP contribution is 2.25. The van der Waals surface area contributed by atoms with Gasteiger partial charge in [-0.25, -0.2) is 24.0 Å².